The summed E-state index contributed by atoms with van der Waals surface area (Å²) in [5, 5.41) is 12.2. The molecule has 0 bridgehead atoms. The molecule has 3 rings (SSSR count). The molecule has 0 radical (unpaired) electrons. The highest BCUT2D eigenvalue weighted by Gasteiger charge is 2.24. The number of nitrogens with one attached hydrogen (secondary N) is 1. The van der Waals surface area contributed by atoms with Crippen LogP contribution in [0.25, 0.3) is 0 Å². The van der Waals surface area contributed by atoms with E-state index in [2.05, 4.69) is 43.8 Å². The number of piperidine rings is 1. The predicted octanol–water partition coefficient (Wildman–Crippen LogP) is 2.29. The Morgan fingerprint density at radius 3 is 2.65 bits per heavy atom. The number of halogens is 1. The van der Waals surface area contributed by atoms with Gasteiger partial charge in [0.15, 0.2) is 11.8 Å². The molecule has 2 unspecified atom stereocenters. The van der Waals surface area contributed by atoms with E-state index in [0.717, 1.165) is 55.5 Å². The molecule has 0 aromatic carbocycles. The van der Waals surface area contributed by atoms with Crippen LogP contribution in [0.4, 0.5) is 0 Å². The number of hydrogen-bond acceptors (Lipinski definition) is 3. The van der Waals surface area contributed by atoms with Crippen LogP contribution >= 0.6 is 24.0 Å². The third-order valence-corrected chi connectivity index (χ3v) is 4.72. The molecular formula is C16H29IN6. The summed E-state index contributed by atoms with van der Waals surface area (Å²) in [7, 11) is 1.87. The molecule has 1 aromatic heterocycles. The monoisotopic (exact) mass is 432 g/mol. The van der Waals surface area contributed by atoms with E-state index in [0.29, 0.717) is 6.54 Å². The summed E-state index contributed by atoms with van der Waals surface area (Å²) in [6.45, 7) is 8.58. The molecule has 0 spiro atoms. The summed E-state index contributed by atoms with van der Waals surface area (Å²) >= 11 is 0. The first kappa shape index (κ1) is 18.5. The number of aromatic nitrogens is 3. The van der Waals surface area contributed by atoms with Crippen LogP contribution in [0.15, 0.2) is 4.99 Å². The highest BCUT2D eigenvalue weighted by atomic mass is 127. The van der Waals surface area contributed by atoms with Gasteiger partial charge >= 0.3 is 0 Å². The quantitative estimate of drug-likeness (QED) is 0.443. The summed E-state index contributed by atoms with van der Waals surface area (Å²) in [4.78, 5) is 6.85. The van der Waals surface area contributed by atoms with Crippen molar-refractivity contribution in [1.29, 1.82) is 0 Å². The Balaban J connectivity index is 0.00000192. The smallest absolute Gasteiger partial charge is 0.194 e. The zero-order valence-electron chi connectivity index (χ0n) is 14.5. The molecule has 7 heteroatoms. The van der Waals surface area contributed by atoms with Crippen molar-refractivity contribution in [1.82, 2.24) is 25.0 Å². The van der Waals surface area contributed by atoms with Crippen LogP contribution in [0.3, 0.4) is 0 Å². The van der Waals surface area contributed by atoms with Crippen molar-refractivity contribution in [3.63, 3.8) is 0 Å². The molecule has 1 saturated heterocycles. The summed E-state index contributed by atoms with van der Waals surface area (Å²) in [5.41, 5.74) is 0. The molecule has 0 saturated carbocycles. The van der Waals surface area contributed by atoms with Crippen molar-refractivity contribution in [3.05, 3.63) is 11.6 Å². The lowest BCUT2D eigenvalue weighted by atomic mass is 9.92. The van der Waals surface area contributed by atoms with E-state index >= 15 is 0 Å². The van der Waals surface area contributed by atoms with E-state index in [4.69, 9.17) is 0 Å². The molecule has 3 heterocycles. The van der Waals surface area contributed by atoms with Crippen molar-refractivity contribution in [2.45, 2.75) is 52.6 Å². The van der Waals surface area contributed by atoms with E-state index in [9.17, 15) is 0 Å². The third kappa shape index (κ3) is 4.36. The van der Waals surface area contributed by atoms with Crippen LogP contribution in [0.2, 0.25) is 0 Å². The van der Waals surface area contributed by atoms with Gasteiger partial charge in [-0.25, -0.2) is 0 Å². The summed E-state index contributed by atoms with van der Waals surface area (Å²) < 4.78 is 2.27. The molecule has 1 fully saturated rings. The standard InChI is InChI=1S/C16H28N6.HI/c1-12-8-13(2)11-21(10-12)16(17-3)18-9-15-20-19-14-6-4-5-7-22(14)15;/h12-13H,4-11H2,1-3H3,(H,17,18);1H. The predicted molar refractivity (Wildman–Crippen MR) is 103 cm³/mol. The summed E-state index contributed by atoms with van der Waals surface area (Å²) in [6, 6.07) is 0. The van der Waals surface area contributed by atoms with Gasteiger partial charge in [-0.1, -0.05) is 13.8 Å². The molecule has 1 N–H and O–H groups in total. The van der Waals surface area contributed by atoms with Gasteiger partial charge < -0.3 is 14.8 Å². The third-order valence-electron chi connectivity index (χ3n) is 4.72. The van der Waals surface area contributed by atoms with Crippen molar-refractivity contribution >= 4 is 29.9 Å². The molecule has 0 amide bonds. The minimum absolute atomic E-state index is 0. The first-order chi connectivity index (χ1) is 10.7. The maximum atomic E-state index is 4.47. The number of rotatable bonds is 2. The second-order valence-electron chi connectivity index (χ2n) is 6.89. The average molecular weight is 432 g/mol. The topological polar surface area (TPSA) is 58.3 Å². The Morgan fingerprint density at radius 1 is 1.22 bits per heavy atom. The van der Waals surface area contributed by atoms with Crippen LogP contribution in [0.5, 0.6) is 0 Å². The zero-order valence-corrected chi connectivity index (χ0v) is 16.8. The highest BCUT2D eigenvalue weighted by Crippen LogP contribution is 2.21. The number of nitrogens with zero attached hydrogens (tertiary/aromatic N) is 5. The van der Waals surface area contributed by atoms with E-state index in [-0.39, 0.29) is 24.0 Å². The number of aryl methyl sites for hydroxylation is 1. The fourth-order valence-corrected chi connectivity index (χ4v) is 3.83. The SMILES string of the molecule is CN=C(NCc1nnc2n1CCCC2)N1CC(C)CC(C)C1.I. The molecule has 1 aromatic rings. The van der Waals surface area contributed by atoms with Crippen LogP contribution < -0.4 is 5.32 Å². The van der Waals surface area contributed by atoms with Gasteiger partial charge in [0.2, 0.25) is 0 Å². The number of likely N-dealkylation sites (tertiary alicyclic amines) is 1. The van der Waals surface area contributed by atoms with Crippen molar-refractivity contribution in [2.75, 3.05) is 20.1 Å². The van der Waals surface area contributed by atoms with Gasteiger partial charge in [-0.2, -0.15) is 0 Å². The van der Waals surface area contributed by atoms with E-state index in [1.807, 2.05) is 7.05 Å². The van der Waals surface area contributed by atoms with Gasteiger partial charge in [0.1, 0.15) is 5.82 Å². The molecule has 130 valence electrons. The van der Waals surface area contributed by atoms with Crippen LogP contribution in [-0.2, 0) is 19.5 Å². The Bertz CT molecular complexity index is 531. The fourth-order valence-electron chi connectivity index (χ4n) is 3.83. The fraction of sp³-hybridized carbons (Fsp3) is 0.812. The first-order valence-corrected chi connectivity index (χ1v) is 8.54. The Labute approximate surface area is 156 Å². The largest absolute Gasteiger partial charge is 0.349 e. The zero-order chi connectivity index (χ0) is 15.5. The lowest BCUT2D eigenvalue weighted by Gasteiger charge is -2.37. The average Bonchev–Trinajstić information content (AvgIpc) is 2.90. The van der Waals surface area contributed by atoms with E-state index in [1.54, 1.807) is 0 Å². The first-order valence-electron chi connectivity index (χ1n) is 8.54. The number of hydrogen-bond donors (Lipinski definition) is 1. The van der Waals surface area contributed by atoms with Crippen LogP contribution in [0, 0.1) is 11.8 Å². The lowest BCUT2D eigenvalue weighted by Crippen LogP contribution is -2.48. The number of aliphatic imine (C=N–C) groups is 1. The van der Waals surface area contributed by atoms with Crippen LogP contribution in [-0.4, -0.2) is 45.8 Å². The summed E-state index contributed by atoms with van der Waals surface area (Å²) in [6.07, 6.45) is 4.83. The Kier molecular flexibility index (Phi) is 6.67. The maximum absolute atomic E-state index is 4.47. The molecule has 2 aliphatic heterocycles. The second kappa shape index (κ2) is 8.30. The number of fused-ring (bicyclic) bond motifs is 1. The molecular weight excluding hydrogens is 403 g/mol. The Hall–Kier alpha value is -0.860. The van der Waals surface area contributed by atoms with Gasteiger partial charge in [-0.3, -0.25) is 4.99 Å². The maximum Gasteiger partial charge on any atom is 0.194 e. The minimum atomic E-state index is 0. The van der Waals surface area contributed by atoms with Gasteiger partial charge in [-0.05, 0) is 31.1 Å². The van der Waals surface area contributed by atoms with Crippen molar-refractivity contribution in [3.8, 4) is 0 Å². The van der Waals surface area contributed by atoms with E-state index < -0.39 is 0 Å². The highest BCUT2D eigenvalue weighted by molar-refractivity contribution is 14.0. The second-order valence-corrected chi connectivity index (χ2v) is 6.89. The minimum Gasteiger partial charge on any atom is -0.349 e. The van der Waals surface area contributed by atoms with Gasteiger partial charge in [0.25, 0.3) is 0 Å². The van der Waals surface area contributed by atoms with Crippen molar-refractivity contribution < 1.29 is 0 Å². The van der Waals surface area contributed by atoms with Crippen LogP contribution in [0.1, 0.15) is 44.8 Å². The molecule has 23 heavy (non-hydrogen) atoms. The molecule has 2 atom stereocenters. The normalized spacial score (nSPS) is 24.8. The molecule has 0 aliphatic carbocycles. The Morgan fingerprint density at radius 2 is 1.96 bits per heavy atom. The van der Waals surface area contributed by atoms with E-state index in [1.165, 1.54) is 19.3 Å². The van der Waals surface area contributed by atoms with Crippen molar-refractivity contribution in [2.24, 2.45) is 16.8 Å². The van der Waals surface area contributed by atoms with Gasteiger partial charge in [-0.15, -0.1) is 34.2 Å². The van der Waals surface area contributed by atoms with Gasteiger partial charge in [0, 0.05) is 33.1 Å². The lowest BCUT2D eigenvalue weighted by molar-refractivity contribution is 0.208. The summed E-state index contributed by atoms with van der Waals surface area (Å²) in [5.74, 6) is 4.62. The molecule has 2 aliphatic rings. The molecule has 6 nitrogen and oxygen atoms in total. The van der Waals surface area contributed by atoms with Gasteiger partial charge in [0.05, 0.1) is 6.54 Å². The number of guanidine groups is 1.